The van der Waals surface area contributed by atoms with Gasteiger partial charge in [0.05, 0.1) is 12.3 Å². The van der Waals surface area contributed by atoms with Gasteiger partial charge >= 0.3 is 0 Å². The number of aryl methyl sites for hydroxylation is 2. The maximum Gasteiger partial charge on any atom is 0.126 e. The normalized spacial score (nSPS) is 13.1. The molecule has 0 saturated carbocycles. The van der Waals surface area contributed by atoms with Crippen molar-refractivity contribution in [3.63, 3.8) is 0 Å². The fourth-order valence-electron chi connectivity index (χ4n) is 1.95. The van der Waals surface area contributed by atoms with Crippen LogP contribution in [0, 0.1) is 13.8 Å². The van der Waals surface area contributed by atoms with Crippen molar-refractivity contribution >= 4 is 0 Å². The molecule has 0 N–H and O–H groups in total. The lowest BCUT2D eigenvalue weighted by Crippen LogP contribution is -2.08. The van der Waals surface area contributed by atoms with E-state index in [9.17, 15) is 0 Å². The van der Waals surface area contributed by atoms with E-state index >= 15 is 0 Å². The van der Waals surface area contributed by atoms with Crippen LogP contribution in [-0.2, 0) is 0 Å². The lowest BCUT2D eigenvalue weighted by Gasteiger charge is -2.15. The zero-order valence-electron chi connectivity index (χ0n) is 8.82. The molecule has 2 aromatic heterocycles. The van der Waals surface area contributed by atoms with E-state index in [4.69, 9.17) is 4.42 Å². The Kier molecular flexibility index (Phi) is 2.20. The van der Waals surface area contributed by atoms with Gasteiger partial charge in [-0.05, 0) is 45.0 Å². The summed E-state index contributed by atoms with van der Waals surface area (Å²) in [5, 5.41) is 0. The van der Waals surface area contributed by atoms with Crippen molar-refractivity contribution in [3.05, 3.63) is 47.7 Å². The summed E-state index contributed by atoms with van der Waals surface area (Å²) in [6.45, 7) is 6.39. The first-order valence-corrected chi connectivity index (χ1v) is 4.88. The van der Waals surface area contributed by atoms with Crippen molar-refractivity contribution in [1.82, 2.24) is 4.57 Å². The van der Waals surface area contributed by atoms with Crippen LogP contribution in [0.1, 0.15) is 30.1 Å². The van der Waals surface area contributed by atoms with Crippen LogP contribution in [-0.4, -0.2) is 4.57 Å². The quantitative estimate of drug-likeness (QED) is 0.708. The Morgan fingerprint density at radius 1 is 1.14 bits per heavy atom. The van der Waals surface area contributed by atoms with E-state index in [0.29, 0.717) is 0 Å². The average Bonchev–Trinajstić information content (AvgIpc) is 2.75. The molecule has 1 unspecified atom stereocenters. The highest BCUT2D eigenvalue weighted by Gasteiger charge is 2.13. The summed E-state index contributed by atoms with van der Waals surface area (Å²) in [6, 6.07) is 8.49. The second-order valence-electron chi connectivity index (χ2n) is 3.68. The summed E-state index contributed by atoms with van der Waals surface area (Å²) >= 11 is 0. The Hall–Kier alpha value is -1.44. The van der Waals surface area contributed by atoms with E-state index in [1.807, 2.05) is 12.1 Å². The Balaban J connectivity index is 2.41. The molecule has 0 aromatic carbocycles. The van der Waals surface area contributed by atoms with E-state index in [1.54, 1.807) is 6.26 Å². The highest BCUT2D eigenvalue weighted by Crippen LogP contribution is 2.22. The molecule has 74 valence electrons. The molecule has 14 heavy (non-hydrogen) atoms. The number of aromatic nitrogens is 1. The van der Waals surface area contributed by atoms with Gasteiger partial charge in [0.15, 0.2) is 0 Å². The number of rotatable bonds is 2. The predicted molar refractivity (Wildman–Crippen MR) is 56.4 cm³/mol. The van der Waals surface area contributed by atoms with Crippen LogP contribution >= 0.6 is 0 Å². The zero-order valence-corrected chi connectivity index (χ0v) is 8.82. The molecule has 0 bridgehead atoms. The van der Waals surface area contributed by atoms with Gasteiger partial charge in [-0.3, -0.25) is 0 Å². The summed E-state index contributed by atoms with van der Waals surface area (Å²) in [5.74, 6) is 1.01. The SMILES string of the molecule is Cc1ccc(C)n1C(C)c1ccco1. The predicted octanol–water partition coefficient (Wildman–Crippen LogP) is 3.31. The van der Waals surface area contributed by atoms with Gasteiger partial charge in [-0.15, -0.1) is 0 Å². The number of hydrogen-bond acceptors (Lipinski definition) is 1. The van der Waals surface area contributed by atoms with Gasteiger partial charge < -0.3 is 8.98 Å². The average molecular weight is 189 g/mol. The van der Waals surface area contributed by atoms with E-state index in [0.717, 1.165) is 5.76 Å². The molecule has 0 fully saturated rings. The topological polar surface area (TPSA) is 18.1 Å². The van der Waals surface area contributed by atoms with Gasteiger partial charge in [0.1, 0.15) is 5.76 Å². The van der Waals surface area contributed by atoms with Gasteiger partial charge in [-0.1, -0.05) is 0 Å². The highest BCUT2D eigenvalue weighted by molar-refractivity contribution is 5.18. The highest BCUT2D eigenvalue weighted by atomic mass is 16.3. The zero-order chi connectivity index (χ0) is 10.1. The summed E-state index contributed by atoms with van der Waals surface area (Å²) in [5.41, 5.74) is 2.54. The molecule has 0 spiro atoms. The maximum atomic E-state index is 5.41. The second kappa shape index (κ2) is 3.37. The summed E-state index contributed by atoms with van der Waals surface area (Å²) in [7, 11) is 0. The van der Waals surface area contributed by atoms with Crippen molar-refractivity contribution in [2.24, 2.45) is 0 Å². The molecule has 0 aliphatic carbocycles. The summed E-state index contributed by atoms with van der Waals surface area (Å²) in [6.07, 6.45) is 1.72. The fraction of sp³-hybridized carbons (Fsp3) is 0.333. The minimum absolute atomic E-state index is 0.278. The summed E-state index contributed by atoms with van der Waals surface area (Å²) in [4.78, 5) is 0. The molecule has 0 amide bonds. The number of furan rings is 1. The van der Waals surface area contributed by atoms with Gasteiger partial charge in [0.25, 0.3) is 0 Å². The molecular formula is C12H15NO. The van der Waals surface area contributed by atoms with Crippen LogP contribution in [0.25, 0.3) is 0 Å². The molecule has 0 aliphatic heterocycles. The Bertz CT molecular complexity index is 392. The smallest absolute Gasteiger partial charge is 0.126 e. The largest absolute Gasteiger partial charge is 0.467 e. The molecule has 2 heterocycles. The lowest BCUT2D eigenvalue weighted by atomic mass is 10.2. The molecule has 2 rings (SSSR count). The molecule has 0 radical (unpaired) electrons. The second-order valence-corrected chi connectivity index (χ2v) is 3.68. The van der Waals surface area contributed by atoms with E-state index in [1.165, 1.54) is 11.4 Å². The summed E-state index contributed by atoms with van der Waals surface area (Å²) < 4.78 is 7.68. The van der Waals surface area contributed by atoms with Crippen LogP contribution < -0.4 is 0 Å². The van der Waals surface area contributed by atoms with Gasteiger partial charge in [-0.25, -0.2) is 0 Å². The Labute approximate surface area is 84.2 Å². The molecular weight excluding hydrogens is 174 g/mol. The van der Waals surface area contributed by atoms with Crippen molar-refractivity contribution < 1.29 is 4.42 Å². The van der Waals surface area contributed by atoms with Gasteiger partial charge in [0, 0.05) is 11.4 Å². The molecule has 2 heteroatoms. The third-order valence-corrected chi connectivity index (χ3v) is 2.67. The third-order valence-electron chi connectivity index (χ3n) is 2.67. The van der Waals surface area contributed by atoms with Gasteiger partial charge in [0.2, 0.25) is 0 Å². The Morgan fingerprint density at radius 2 is 1.79 bits per heavy atom. The minimum atomic E-state index is 0.278. The van der Waals surface area contributed by atoms with Crippen molar-refractivity contribution in [3.8, 4) is 0 Å². The van der Waals surface area contributed by atoms with Crippen molar-refractivity contribution in [2.75, 3.05) is 0 Å². The lowest BCUT2D eigenvalue weighted by molar-refractivity contribution is 0.439. The molecule has 2 nitrogen and oxygen atoms in total. The van der Waals surface area contributed by atoms with Crippen LogP contribution in [0.4, 0.5) is 0 Å². The van der Waals surface area contributed by atoms with Crippen molar-refractivity contribution in [2.45, 2.75) is 26.8 Å². The first kappa shape index (κ1) is 9.13. The molecule has 2 aromatic rings. The van der Waals surface area contributed by atoms with Crippen molar-refractivity contribution in [1.29, 1.82) is 0 Å². The first-order valence-electron chi connectivity index (χ1n) is 4.88. The number of nitrogens with zero attached hydrogens (tertiary/aromatic N) is 1. The third kappa shape index (κ3) is 1.37. The van der Waals surface area contributed by atoms with Gasteiger partial charge in [-0.2, -0.15) is 0 Å². The minimum Gasteiger partial charge on any atom is -0.467 e. The van der Waals surface area contributed by atoms with E-state index in [-0.39, 0.29) is 6.04 Å². The first-order chi connectivity index (χ1) is 6.70. The fourth-order valence-corrected chi connectivity index (χ4v) is 1.95. The standard InChI is InChI=1S/C12H15NO/c1-9-6-7-10(2)13(9)11(3)12-5-4-8-14-12/h4-8,11H,1-3H3. The van der Waals surface area contributed by atoms with E-state index < -0.39 is 0 Å². The van der Waals surface area contributed by atoms with Crippen LogP contribution in [0.2, 0.25) is 0 Å². The molecule has 0 saturated heterocycles. The van der Waals surface area contributed by atoms with Crippen LogP contribution in [0.15, 0.2) is 34.9 Å². The molecule has 1 atom stereocenters. The van der Waals surface area contributed by atoms with E-state index in [2.05, 4.69) is 37.5 Å². The Morgan fingerprint density at radius 3 is 2.29 bits per heavy atom. The molecule has 0 aliphatic rings. The van der Waals surface area contributed by atoms with Crippen LogP contribution in [0.3, 0.4) is 0 Å². The maximum absolute atomic E-state index is 5.41. The van der Waals surface area contributed by atoms with Crippen LogP contribution in [0.5, 0.6) is 0 Å². The monoisotopic (exact) mass is 189 g/mol. The number of hydrogen-bond donors (Lipinski definition) is 0.